The topological polar surface area (TPSA) is 59.1 Å². The van der Waals surface area contributed by atoms with Crippen LogP contribution < -0.4 is 14.4 Å². The van der Waals surface area contributed by atoms with Gasteiger partial charge >= 0.3 is 0 Å². The zero-order chi connectivity index (χ0) is 23.7. The van der Waals surface area contributed by atoms with E-state index in [0.717, 1.165) is 23.2 Å². The number of nitrogens with zero attached hydrogens (tertiary/aromatic N) is 2. The van der Waals surface area contributed by atoms with E-state index in [1.165, 1.54) is 10.5 Å². The standard InChI is InChI=1S/C28H26N2O4/c1-33-23-13-12-19(18-24(23)34-2)14-16-30-27(31)25(21-9-4-3-5-10-21)26(28(30)32)29-17-15-20-8-6-7-11-22(20)29/h3-13,18H,14-17H2,1-2H3. The summed E-state index contributed by atoms with van der Waals surface area (Å²) in [5.41, 5.74) is 4.83. The van der Waals surface area contributed by atoms with Crippen molar-refractivity contribution in [3.63, 3.8) is 0 Å². The monoisotopic (exact) mass is 454 g/mol. The Morgan fingerprint density at radius 1 is 0.824 bits per heavy atom. The highest BCUT2D eigenvalue weighted by molar-refractivity contribution is 6.36. The van der Waals surface area contributed by atoms with Crippen molar-refractivity contribution in [1.29, 1.82) is 0 Å². The van der Waals surface area contributed by atoms with E-state index in [1.54, 1.807) is 14.2 Å². The molecular weight excluding hydrogens is 428 g/mol. The fraction of sp³-hybridized carbons (Fsp3) is 0.214. The van der Waals surface area contributed by atoms with Crippen LogP contribution in [0.1, 0.15) is 16.7 Å². The SMILES string of the molecule is COc1ccc(CCN2C(=O)C(c3ccccc3)=C(N3CCc4ccccc43)C2=O)cc1OC. The number of amides is 2. The van der Waals surface area contributed by atoms with Gasteiger partial charge in [0, 0.05) is 18.8 Å². The zero-order valence-corrected chi connectivity index (χ0v) is 19.3. The first-order valence-electron chi connectivity index (χ1n) is 11.3. The van der Waals surface area contributed by atoms with Gasteiger partial charge in [-0.15, -0.1) is 0 Å². The molecule has 0 atom stereocenters. The van der Waals surface area contributed by atoms with Crippen LogP contribution in [0.5, 0.6) is 11.5 Å². The molecule has 0 aromatic heterocycles. The van der Waals surface area contributed by atoms with E-state index in [4.69, 9.17) is 9.47 Å². The summed E-state index contributed by atoms with van der Waals surface area (Å²) in [6, 6.07) is 23.2. The van der Waals surface area contributed by atoms with Gasteiger partial charge in [-0.2, -0.15) is 0 Å². The molecule has 34 heavy (non-hydrogen) atoms. The van der Waals surface area contributed by atoms with Crippen molar-refractivity contribution >= 4 is 23.1 Å². The number of fused-ring (bicyclic) bond motifs is 1. The number of hydrogen-bond acceptors (Lipinski definition) is 5. The highest BCUT2D eigenvalue weighted by Gasteiger charge is 2.42. The fourth-order valence-corrected chi connectivity index (χ4v) is 4.73. The third-order valence-electron chi connectivity index (χ3n) is 6.44. The number of hydrogen-bond donors (Lipinski definition) is 0. The van der Waals surface area contributed by atoms with Crippen molar-refractivity contribution < 1.29 is 19.1 Å². The largest absolute Gasteiger partial charge is 0.493 e. The lowest BCUT2D eigenvalue weighted by Crippen LogP contribution is -2.36. The highest BCUT2D eigenvalue weighted by atomic mass is 16.5. The van der Waals surface area contributed by atoms with Gasteiger partial charge in [-0.3, -0.25) is 14.5 Å². The molecule has 6 heteroatoms. The van der Waals surface area contributed by atoms with Crippen molar-refractivity contribution in [3.05, 3.63) is 95.2 Å². The molecule has 0 bridgehead atoms. The summed E-state index contributed by atoms with van der Waals surface area (Å²) in [5.74, 6) is 0.760. The van der Waals surface area contributed by atoms with Crippen molar-refractivity contribution in [1.82, 2.24) is 4.90 Å². The van der Waals surface area contributed by atoms with Crippen LogP contribution in [0.3, 0.4) is 0 Å². The number of anilines is 1. The summed E-state index contributed by atoms with van der Waals surface area (Å²) < 4.78 is 10.7. The Kier molecular flexibility index (Phi) is 5.80. The van der Waals surface area contributed by atoms with Gasteiger partial charge in [0.1, 0.15) is 5.70 Å². The zero-order valence-electron chi connectivity index (χ0n) is 19.3. The number of rotatable bonds is 7. The molecule has 3 aromatic rings. The van der Waals surface area contributed by atoms with Gasteiger partial charge in [0.05, 0.1) is 19.8 Å². The molecule has 172 valence electrons. The number of benzene rings is 3. The van der Waals surface area contributed by atoms with Crippen LogP contribution in [0.2, 0.25) is 0 Å². The molecule has 3 aromatic carbocycles. The van der Waals surface area contributed by atoms with Crippen LogP contribution >= 0.6 is 0 Å². The molecule has 0 spiro atoms. The van der Waals surface area contributed by atoms with Crippen LogP contribution in [0.25, 0.3) is 5.57 Å². The minimum Gasteiger partial charge on any atom is -0.493 e. The van der Waals surface area contributed by atoms with E-state index in [0.29, 0.717) is 35.7 Å². The quantitative estimate of drug-likeness (QED) is 0.504. The van der Waals surface area contributed by atoms with Crippen LogP contribution in [0, 0.1) is 0 Å². The van der Waals surface area contributed by atoms with Gasteiger partial charge in [-0.1, -0.05) is 54.6 Å². The molecule has 0 N–H and O–H groups in total. The lowest BCUT2D eigenvalue weighted by Gasteiger charge is -2.22. The minimum absolute atomic E-state index is 0.249. The third-order valence-corrected chi connectivity index (χ3v) is 6.44. The van der Waals surface area contributed by atoms with Gasteiger partial charge in [0.2, 0.25) is 0 Å². The average molecular weight is 455 g/mol. The molecule has 2 heterocycles. The Labute approximate surface area is 199 Å². The maximum atomic E-state index is 13.7. The lowest BCUT2D eigenvalue weighted by atomic mass is 10.0. The smallest absolute Gasteiger partial charge is 0.278 e. The second-order valence-electron chi connectivity index (χ2n) is 8.32. The van der Waals surface area contributed by atoms with E-state index < -0.39 is 0 Å². The van der Waals surface area contributed by atoms with Crippen molar-refractivity contribution in [2.75, 3.05) is 32.2 Å². The molecule has 2 amide bonds. The van der Waals surface area contributed by atoms with Crippen LogP contribution in [-0.2, 0) is 22.4 Å². The molecular formula is C28H26N2O4. The van der Waals surface area contributed by atoms with E-state index in [1.807, 2.05) is 71.6 Å². The molecule has 0 radical (unpaired) electrons. The molecule has 0 saturated carbocycles. The van der Waals surface area contributed by atoms with Crippen LogP contribution in [0.4, 0.5) is 5.69 Å². The number of methoxy groups -OCH3 is 2. The maximum Gasteiger partial charge on any atom is 0.278 e. The van der Waals surface area contributed by atoms with Gasteiger partial charge in [0.15, 0.2) is 11.5 Å². The molecule has 0 aliphatic carbocycles. The predicted molar refractivity (Wildman–Crippen MR) is 131 cm³/mol. The van der Waals surface area contributed by atoms with Gasteiger partial charge < -0.3 is 14.4 Å². The van der Waals surface area contributed by atoms with Crippen molar-refractivity contribution in [2.45, 2.75) is 12.8 Å². The van der Waals surface area contributed by atoms with E-state index in [-0.39, 0.29) is 18.4 Å². The second-order valence-corrected chi connectivity index (χ2v) is 8.32. The fourth-order valence-electron chi connectivity index (χ4n) is 4.73. The van der Waals surface area contributed by atoms with E-state index in [2.05, 4.69) is 6.07 Å². The molecule has 2 aliphatic heterocycles. The van der Waals surface area contributed by atoms with Gasteiger partial charge in [-0.05, 0) is 47.7 Å². The Hall–Kier alpha value is -4.06. The molecule has 0 fully saturated rings. The highest BCUT2D eigenvalue weighted by Crippen LogP contribution is 2.38. The number of imide groups is 1. The first-order chi connectivity index (χ1) is 16.6. The summed E-state index contributed by atoms with van der Waals surface area (Å²) in [4.78, 5) is 30.7. The summed E-state index contributed by atoms with van der Waals surface area (Å²) >= 11 is 0. The normalized spacial score (nSPS) is 15.2. The summed E-state index contributed by atoms with van der Waals surface area (Å²) in [7, 11) is 3.18. The molecule has 5 rings (SSSR count). The molecule has 6 nitrogen and oxygen atoms in total. The van der Waals surface area contributed by atoms with E-state index >= 15 is 0 Å². The number of carbonyl (C=O) groups excluding carboxylic acids is 2. The van der Waals surface area contributed by atoms with Crippen molar-refractivity contribution in [3.8, 4) is 11.5 Å². The number of carbonyl (C=O) groups is 2. The molecule has 2 aliphatic rings. The van der Waals surface area contributed by atoms with Gasteiger partial charge in [0.25, 0.3) is 11.8 Å². The number of ether oxygens (including phenoxy) is 2. The third kappa shape index (κ3) is 3.71. The maximum absolute atomic E-state index is 13.7. The summed E-state index contributed by atoms with van der Waals surface area (Å²) in [6.45, 7) is 0.954. The first-order valence-corrected chi connectivity index (χ1v) is 11.3. The predicted octanol–water partition coefficient (Wildman–Crippen LogP) is 4.09. The Morgan fingerprint density at radius 2 is 1.56 bits per heavy atom. The minimum atomic E-state index is -0.254. The van der Waals surface area contributed by atoms with Gasteiger partial charge in [-0.25, -0.2) is 0 Å². The average Bonchev–Trinajstić information content (AvgIpc) is 3.41. The Bertz CT molecular complexity index is 1280. The Morgan fingerprint density at radius 3 is 2.32 bits per heavy atom. The Balaban J connectivity index is 1.47. The lowest BCUT2D eigenvalue weighted by molar-refractivity contribution is -0.136. The van der Waals surface area contributed by atoms with Crippen LogP contribution in [-0.4, -0.2) is 44.0 Å². The summed E-state index contributed by atoms with van der Waals surface area (Å²) in [6.07, 6.45) is 1.36. The molecule has 0 saturated heterocycles. The van der Waals surface area contributed by atoms with E-state index in [9.17, 15) is 9.59 Å². The molecule has 0 unspecified atom stereocenters. The second kappa shape index (κ2) is 9.06. The van der Waals surface area contributed by atoms with Crippen LogP contribution in [0.15, 0.2) is 78.5 Å². The number of para-hydroxylation sites is 1. The van der Waals surface area contributed by atoms with Crippen molar-refractivity contribution in [2.24, 2.45) is 0 Å². The first kappa shape index (κ1) is 21.8. The summed E-state index contributed by atoms with van der Waals surface area (Å²) in [5, 5.41) is 0.